The molecule has 0 spiro atoms. The van der Waals surface area contributed by atoms with Crippen LogP contribution in [0, 0.1) is 0 Å². The van der Waals surface area contributed by atoms with Gasteiger partial charge in [0.25, 0.3) is 0 Å². The Morgan fingerprint density at radius 2 is 0.795 bits per heavy atom. The summed E-state index contributed by atoms with van der Waals surface area (Å²) in [5.41, 5.74) is 0. The Morgan fingerprint density at radius 1 is 0.487 bits per heavy atom. The number of alkyl halides is 2. The van der Waals surface area contributed by atoms with Crippen molar-refractivity contribution in [3.05, 3.63) is 121 Å². The van der Waals surface area contributed by atoms with Crippen LogP contribution in [0.25, 0.3) is 0 Å². The predicted molar refractivity (Wildman–Crippen MR) is 185 cm³/mol. The van der Waals surface area contributed by atoms with Crippen LogP contribution in [0.3, 0.4) is 0 Å². The molecule has 4 rings (SSSR count). The van der Waals surface area contributed by atoms with Gasteiger partial charge in [0.15, 0.2) is 0 Å². The van der Waals surface area contributed by atoms with Crippen LogP contribution in [0.5, 0.6) is 0 Å². The highest BCUT2D eigenvalue weighted by Gasteiger charge is 2.53. The van der Waals surface area contributed by atoms with Gasteiger partial charge in [-0.2, -0.15) is 0 Å². The third-order valence-corrected chi connectivity index (χ3v) is 34.7. The van der Waals surface area contributed by atoms with Gasteiger partial charge < -0.3 is 0 Å². The van der Waals surface area contributed by atoms with E-state index >= 15 is 8.42 Å². The predicted octanol–water partition coefficient (Wildman–Crippen LogP) is 10.9. The molecular weight excluding hydrogens is 712 g/mol. The molecular formula is C30H32Br2O2S5. The molecule has 9 heteroatoms. The van der Waals surface area contributed by atoms with E-state index in [0.29, 0.717) is 11.5 Å². The first kappa shape index (κ1) is 31.1. The Hall–Kier alpha value is -0.810. The number of hydrogen-bond acceptors (Lipinski definition) is 4. The van der Waals surface area contributed by atoms with Gasteiger partial charge in [0.1, 0.15) is 0 Å². The molecule has 2 unspecified atom stereocenters. The van der Waals surface area contributed by atoms with Crippen LogP contribution in [0.4, 0.5) is 0 Å². The zero-order valence-corrected chi connectivity index (χ0v) is 28.7. The van der Waals surface area contributed by atoms with Gasteiger partial charge in [-0.25, -0.2) is 8.42 Å². The van der Waals surface area contributed by atoms with E-state index in [1.807, 2.05) is 121 Å². The molecule has 0 bridgehead atoms. The second-order valence-corrected chi connectivity index (χ2v) is 28.8. The van der Waals surface area contributed by atoms with Crippen molar-refractivity contribution in [2.24, 2.45) is 0 Å². The van der Waals surface area contributed by atoms with Crippen LogP contribution in [0.15, 0.2) is 141 Å². The summed E-state index contributed by atoms with van der Waals surface area (Å²) >= 11 is 7.25. The second kappa shape index (κ2) is 14.9. The molecule has 0 aliphatic heterocycles. The monoisotopic (exact) mass is 742 g/mol. The Balaban J connectivity index is 2.05. The quantitative estimate of drug-likeness (QED) is 0.0951. The van der Waals surface area contributed by atoms with Gasteiger partial charge in [0.05, 0.1) is 0 Å². The topological polar surface area (TPSA) is 34.1 Å². The van der Waals surface area contributed by atoms with Crippen molar-refractivity contribution in [3.63, 3.8) is 0 Å². The summed E-state index contributed by atoms with van der Waals surface area (Å²) in [7, 11) is -5.57. The molecule has 0 heterocycles. The zero-order chi connectivity index (χ0) is 27.6. The third kappa shape index (κ3) is 6.99. The van der Waals surface area contributed by atoms with Crippen molar-refractivity contribution in [3.8, 4) is 0 Å². The van der Waals surface area contributed by atoms with Gasteiger partial charge in [-0.3, -0.25) is 0 Å². The smallest absolute Gasteiger partial charge is 0.207 e. The van der Waals surface area contributed by atoms with Crippen LogP contribution in [-0.4, -0.2) is 30.6 Å². The molecule has 4 aromatic rings. The lowest BCUT2D eigenvalue weighted by Crippen LogP contribution is -2.22. The fraction of sp³-hybridized carbons (Fsp3) is 0.200. The van der Waals surface area contributed by atoms with Crippen LogP contribution >= 0.6 is 69.6 Å². The molecule has 0 fully saturated rings. The lowest BCUT2D eigenvalue weighted by molar-refractivity contribution is 0.622. The number of halogens is 2. The molecule has 0 saturated carbocycles. The van der Waals surface area contributed by atoms with E-state index in [2.05, 4.69) is 31.9 Å². The molecule has 0 saturated heterocycles. The fourth-order valence-electron chi connectivity index (χ4n) is 4.12. The number of rotatable bonds is 14. The van der Waals surface area contributed by atoms with Gasteiger partial charge in [0.2, 0.25) is 7.90 Å². The van der Waals surface area contributed by atoms with Crippen molar-refractivity contribution in [2.45, 2.75) is 32.4 Å². The van der Waals surface area contributed by atoms with Crippen LogP contribution < -0.4 is 0 Å². The molecule has 0 aromatic heterocycles. The summed E-state index contributed by atoms with van der Waals surface area (Å²) in [6.07, 6.45) is 1.53. The lowest BCUT2D eigenvalue weighted by Gasteiger charge is -2.49. The molecule has 0 amide bonds. The first-order chi connectivity index (χ1) is 19.0. The van der Waals surface area contributed by atoms with E-state index in [4.69, 9.17) is 0 Å². The summed E-state index contributed by atoms with van der Waals surface area (Å²) < 4.78 is 31.8. The fourth-order valence-corrected chi connectivity index (χ4v) is 37.9. The van der Waals surface area contributed by atoms with Gasteiger partial charge in [0, 0.05) is 41.7 Å². The van der Waals surface area contributed by atoms with Crippen molar-refractivity contribution < 1.29 is 8.42 Å². The highest BCUT2D eigenvalue weighted by Crippen LogP contribution is 2.87. The highest BCUT2D eigenvalue weighted by atomic mass is 79.9. The van der Waals surface area contributed by atoms with E-state index in [9.17, 15) is 0 Å². The third-order valence-electron chi connectivity index (χ3n) is 5.91. The summed E-state index contributed by atoms with van der Waals surface area (Å²) in [6.45, 7) is 0. The first-order valence-corrected chi connectivity index (χ1v) is 23.6. The highest BCUT2D eigenvalue weighted by molar-refractivity contribution is 9.48. The maximum atomic E-state index is 15.9. The second-order valence-electron chi connectivity index (χ2n) is 8.55. The maximum absolute atomic E-state index is 15.9. The average molecular weight is 745 g/mol. The van der Waals surface area contributed by atoms with Gasteiger partial charge in [-0.1, -0.05) is 126 Å². The minimum absolute atomic E-state index is 0.579. The molecule has 0 aliphatic rings. The van der Waals surface area contributed by atoms with Crippen molar-refractivity contribution in [1.29, 1.82) is 0 Å². The van der Waals surface area contributed by atoms with E-state index in [-0.39, 0.29) is 0 Å². The molecule has 208 valence electrons. The average Bonchev–Trinajstić information content (AvgIpc) is 2.99. The summed E-state index contributed by atoms with van der Waals surface area (Å²) in [5.74, 6) is 1.16. The summed E-state index contributed by atoms with van der Waals surface area (Å²) in [4.78, 5) is 3.81. The van der Waals surface area contributed by atoms with Crippen molar-refractivity contribution >= 4 is 77.5 Å². The van der Waals surface area contributed by atoms with E-state index in [0.717, 1.165) is 43.1 Å². The molecule has 39 heavy (non-hydrogen) atoms. The molecule has 0 aliphatic carbocycles. The molecule has 0 radical (unpaired) electrons. The van der Waals surface area contributed by atoms with Gasteiger partial charge in [-0.15, -0.1) is 0 Å². The summed E-state index contributed by atoms with van der Waals surface area (Å²) in [5, 5.41) is 1.50. The molecule has 0 N–H and O–H groups in total. The molecule has 2 atom stereocenters. The first-order valence-electron chi connectivity index (χ1n) is 12.6. The Morgan fingerprint density at radius 3 is 1.10 bits per heavy atom. The SMILES string of the molecule is O=S(=O)(S(CCCBr)(Sc1ccccc1)c1ccccc1)S(CCCBr)(Sc1ccccc1)c1ccccc1. The Labute approximate surface area is 259 Å². The van der Waals surface area contributed by atoms with E-state index < -0.39 is 24.1 Å². The Bertz CT molecular complexity index is 1290. The summed E-state index contributed by atoms with van der Waals surface area (Å²) in [6, 6.07) is 40.1. The number of hydrogen-bond donors (Lipinski definition) is 0. The Kier molecular flexibility index (Phi) is 11.9. The van der Waals surface area contributed by atoms with Gasteiger partial charge in [-0.05, 0) is 77.6 Å². The minimum atomic E-state index is -3.78. The molecule has 4 aromatic carbocycles. The minimum Gasteiger partial charge on any atom is -0.207 e. The largest absolute Gasteiger partial charge is 0.244 e. The standard InChI is InChI=1S/C30H32Br2O2S5/c31-23-13-25-37(29-19-9-3-10-20-29,35-27-15-5-1-6-16-27)39(33,34)38(26-14-24-32,30-21-11-4-12-22-30)36-28-17-7-2-8-18-28/h1-12,15-22H,13-14,23-26H2. The van der Waals surface area contributed by atoms with E-state index in [1.165, 1.54) is 0 Å². The van der Waals surface area contributed by atoms with Crippen molar-refractivity contribution in [2.75, 3.05) is 22.2 Å². The van der Waals surface area contributed by atoms with Gasteiger partial charge >= 0.3 is 0 Å². The molecule has 2 nitrogen and oxygen atoms in total. The normalized spacial score (nSPS) is 16.5. The maximum Gasteiger partial charge on any atom is 0.244 e. The van der Waals surface area contributed by atoms with Crippen molar-refractivity contribution in [1.82, 2.24) is 0 Å². The lowest BCUT2D eigenvalue weighted by atomic mass is 10.4. The van der Waals surface area contributed by atoms with E-state index in [1.54, 1.807) is 21.6 Å². The van der Waals surface area contributed by atoms with Crippen LogP contribution in [-0.2, 0) is 7.90 Å². The number of benzene rings is 4. The zero-order valence-electron chi connectivity index (χ0n) is 21.4. The van der Waals surface area contributed by atoms with Crippen LogP contribution in [0.2, 0.25) is 0 Å². The van der Waals surface area contributed by atoms with Crippen LogP contribution in [0.1, 0.15) is 12.8 Å².